The average molecular weight is 153 g/mol. The molecule has 1 aromatic rings. The molecule has 0 aliphatic carbocycles. The summed E-state index contributed by atoms with van der Waals surface area (Å²) in [6.45, 7) is 1.87. The van der Waals surface area contributed by atoms with Gasteiger partial charge >= 0.3 is 0 Å². The molecule has 0 spiro atoms. The van der Waals surface area contributed by atoms with Crippen LogP contribution in [0.4, 0.5) is 0 Å². The number of aryl methyl sites for hydroxylation is 1. The van der Waals surface area contributed by atoms with Crippen molar-refractivity contribution in [1.82, 2.24) is 9.55 Å². The minimum Gasteiger partial charge on any atom is -0.337 e. The van der Waals surface area contributed by atoms with E-state index >= 15 is 0 Å². The number of hydrogen-bond donors (Lipinski definition) is 1. The van der Waals surface area contributed by atoms with Crippen molar-refractivity contribution in [3.05, 3.63) is 17.7 Å². The van der Waals surface area contributed by atoms with E-state index in [0.29, 0.717) is 5.69 Å². The number of nitrogens with two attached hydrogens (primary N) is 1. The van der Waals surface area contributed by atoms with Gasteiger partial charge in [0.1, 0.15) is 5.69 Å². The van der Waals surface area contributed by atoms with Crippen LogP contribution < -0.4 is 5.73 Å². The Bertz CT molecular complexity index is 277. The monoisotopic (exact) mass is 153 g/mol. The summed E-state index contributed by atoms with van der Waals surface area (Å²) < 4.78 is 1.79. The van der Waals surface area contributed by atoms with Gasteiger partial charge in [-0.2, -0.15) is 0 Å². The van der Waals surface area contributed by atoms with Crippen molar-refractivity contribution in [3.63, 3.8) is 0 Å². The fourth-order valence-corrected chi connectivity index (χ4v) is 0.862. The number of ketones is 1. The normalized spacial score (nSPS) is 10.1. The van der Waals surface area contributed by atoms with Gasteiger partial charge in [-0.15, -0.1) is 0 Å². The highest BCUT2D eigenvalue weighted by Gasteiger charge is 2.10. The molecule has 0 radical (unpaired) electrons. The molecule has 4 heteroatoms. The molecule has 1 heterocycles. The zero-order valence-corrected chi connectivity index (χ0v) is 6.66. The fourth-order valence-electron chi connectivity index (χ4n) is 0.862. The van der Waals surface area contributed by atoms with Crippen LogP contribution in [0, 0.1) is 6.92 Å². The van der Waals surface area contributed by atoms with Gasteiger partial charge in [-0.25, -0.2) is 4.98 Å². The van der Waals surface area contributed by atoms with Gasteiger partial charge in [-0.1, -0.05) is 0 Å². The van der Waals surface area contributed by atoms with Gasteiger partial charge in [0.2, 0.25) is 0 Å². The van der Waals surface area contributed by atoms with Crippen molar-refractivity contribution >= 4 is 5.78 Å². The molecule has 0 aliphatic heterocycles. The van der Waals surface area contributed by atoms with Crippen molar-refractivity contribution in [2.75, 3.05) is 6.54 Å². The van der Waals surface area contributed by atoms with Gasteiger partial charge < -0.3 is 10.3 Å². The van der Waals surface area contributed by atoms with Gasteiger partial charge in [-0.05, 0) is 6.92 Å². The number of Topliss-reactive ketones (excluding diaryl/α,β-unsaturated/α-hetero) is 1. The molecule has 1 rings (SSSR count). The molecule has 11 heavy (non-hydrogen) atoms. The van der Waals surface area contributed by atoms with Gasteiger partial charge in [0.15, 0.2) is 5.78 Å². The van der Waals surface area contributed by atoms with E-state index in [-0.39, 0.29) is 12.3 Å². The maximum atomic E-state index is 11.0. The second kappa shape index (κ2) is 2.84. The molecule has 4 nitrogen and oxygen atoms in total. The van der Waals surface area contributed by atoms with E-state index < -0.39 is 0 Å². The Morgan fingerprint density at radius 1 is 1.82 bits per heavy atom. The first kappa shape index (κ1) is 7.94. The predicted octanol–water partition coefficient (Wildman–Crippen LogP) is -0.130. The Balaban J connectivity index is 3.04. The molecule has 0 saturated carbocycles. The third-order valence-corrected chi connectivity index (χ3v) is 1.68. The molecule has 1 aromatic heterocycles. The smallest absolute Gasteiger partial charge is 0.196 e. The van der Waals surface area contributed by atoms with Crippen molar-refractivity contribution in [2.45, 2.75) is 6.92 Å². The average Bonchev–Trinajstić information content (AvgIpc) is 2.32. The molecular formula is C7H11N3O. The maximum absolute atomic E-state index is 11.0. The summed E-state index contributed by atoms with van der Waals surface area (Å²) in [6, 6.07) is 0. The third kappa shape index (κ3) is 1.30. The maximum Gasteiger partial charge on any atom is 0.196 e. The molecule has 0 aromatic carbocycles. The predicted molar refractivity (Wildman–Crippen MR) is 41.3 cm³/mol. The lowest BCUT2D eigenvalue weighted by Crippen LogP contribution is -2.15. The van der Waals surface area contributed by atoms with E-state index in [1.165, 1.54) is 0 Å². The van der Waals surface area contributed by atoms with Crippen molar-refractivity contribution in [3.8, 4) is 0 Å². The lowest BCUT2D eigenvalue weighted by atomic mass is 10.2. The molecule has 60 valence electrons. The van der Waals surface area contributed by atoms with Crippen molar-refractivity contribution in [2.24, 2.45) is 12.8 Å². The molecule has 0 atom stereocenters. The highest BCUT2D eigenvalue weighted by molar-refractivity contribution is 5.96. The Kier molecular flexibility index (Phi) is 2.05. The van der Waals surface area contributed by atoms with Gasteiger partial charge in [-0.3, -0.25) is 4.79 Å². The summed E-state index contributed by atoms with van der Waals surface area (Å²) in [6.07, 6.45) is 1.61. The van der Waals surface area contributed by atoms with Crippen LogP contribution >= 0.6 is 0 Å². The molecule has 0 bridgehead atoms. The first-order valence-electron chi connectivity index (χ1n) is 3.38. The number of rotatable bonds is 2. The Morgan fingerprint density at radius 2 is 2.45 bits per heavy atom. The lowest BCUT2D eigenvalue weighted by molar-refractivity contribution is 0.0996. The standard InChI is InChI=1S/C7H11N3O/c1-5-7(6(11)3-8)9-4-10(5)2/h4H,3,8H2,1-2H3. The molecule has 2 N–H and O–H groups in total. The third-order valence-electron chi connectivity index (χ3n) is 1.68. The van der Waals surface area contributed by atoms with Crippen LogP contribution in [0.2, 0.25) is 0 Å². The molecular weight excluding hydrogens is 142 g/mol. The summed E-state index contributed by atoms with van der Waals surface area (Å²) in [4.78, 5) is 15.0. The van der Waals surface area contributed by atoms with Crippen molar-refractivity contribution < 1.29 is 4.79 Å². The summed E-state index contributed by atoms with van der Waals surface area (Å²) in [5.41, 5.74) is 6.53. The van der Waals surface area contributed by atoms with Crippen LogP contribution in [0.5, 0.6) is 0 Å². The number of aromatic nitrogens is 2. The van der Waals surface area contributed by atoms with Crippen LogP contribution in [0.3, 0.4) is 0 Å². The zero-order valence-electron chi connectivity index (χ0n) is 6.66. The van der Waals surface area contributed by atoms with Crippen LogP contribution in [-0.4, -0.2) is 21.9 Å². The van der Waals surface area contributed by atoms with Gasteiger partial charge in [0.25, 0.3) is 0 Å². The molecule has 0 unspecified atom stereocenters. The van der Waals surface area contributed by atoms with E-state index in [4.69, 9.17) is 5.73 Å². The van der Waals surface area contributed by atoms with E-state index in [1.807, 2.05) is 14.0 Å². The second-order valence-corrected chi connectivity index (χ2v) is 2.42. The number of nitrogens with zero attached hydrogens (tertiary/aromatic N) is 2. The number of carbonyl (C=O) groups is 1. The topological polar surface area (TPSA) is 60.9 Å². The summed E-state index contributed by atoms with van der Waals surface area (Å²) in [7, 11) is 1.84. The molecule has 0 aliphatic rings. The quantitative estimate of drug-likeness (QED) is 0.602. The summed E-state index contributed by atoms with van der Waals surface area (Å²) in [5.74, 6) is -0.108. The summed E-state index contributed by atoms with van der Waals surface area (Å²) in [5, 5.41) is 0. The minimum absolute atomic E-state index is 0.0256. The van der Waals surface area contributed by atoms with E-state index in [1.54, 1.807) is 10.9 Å². The Labute approximate surface area is 65.0 Å². The van der Waals surface area contributed by atoms with E-state index in [9.17, 15) is 4.79 Å². The van der Waals surface area contributed by atoms with E-state index in [2.05, 4.69) is 4.98 Å². The van der Waals surface area contributed by atoms with Crippen molar-refractivity contribution in [1.29, 1.82) is 0 Å². The fraction of sp³-hybridized carbons (Fsp3) is 0.429. The SMILES string of the molecule is Cc1c(C(=O)CN)ncn1C. The van der Waals surface area contributed by atoms with Crippen LogP contribution in [-0.2, 0) is 7.05 Å². The molecule has 0 saturated heterocycles. The number of imidazole rings is 1. The number of hydrogen-bond acceptors (Lipinski definition) is 3. The largest absolute Gasteiger partial charge is 0.337 e. The highest BCUT2D eigenvalue weighted by Crippen LogP contribution is 2.03. The highest BCUT2D eigenvalue weighted by atomic mass is 16.1. The summed E-state index contributed by atoms with van der Waals surface area (Å²) >= 11 is 0. The Morgan fingerprint density at radius 3 is 2.82 bits per heavy atom. The van der Waals surface area contributed by atoms with Crippen LogP contribution in [0.15, 0.2) is 6.33 Å². The first-order chi connectivity index (χ1) is 5.16. The number of carbonyl (C=O) groups excluding carboxylic acids is 1. The minimum atomic E-state index is -0.108. The molecule has 0 fully saturated rings. The second-order valence-electron chi connectivity index (χ2n) is 2.42. The van der Waals surface area contributed by atoms with Crippen LogP contribution in [0.1, 0.15) is 16.2 Å². The van der Waals surface area contributed by atoms with Crippen LogP contribution in [0.25, 0.3) is 0 Å². The lowest BCUT2D eigenvalue weighted by Gasteiger charge is -1.95. The van der Waals surface area contributed by atoms with E-state index in [0.717, 1.165) is 5.69 Å². The zero-order chi connectivity index (χ0) is 8.43. The van der Waals surface area contributed by atoms with Gasteiger partial charge in [0, 0.05) is 12.7 Å². The molecule has 0 amide bonds. The Hall–Kier alpha value is -1.16. The van der Waals surface area contributed by atoms with Gasteiger partial charge in [0.05, 0.1) is 12.9 Å². The first-order valence-corrected chi connectivity index (χ1v) is 3.38.